The molecular weight excluding hydrogens is 487 g/mol. The van der Waals surface area contributed by atoms with Crippen LogP contribution in [0.3, 0.4) is 0 Å². The Kier molecular flexibility index (Phi) is 8.50. The van der Waals surface area contributed by atoms with Crippen molar-refractivity contribution in [3.8, 4) is 11.3 Å². The van der Waals surface area contributed by atoms with Crippen molar-refractivity contribution in [2.75, 3.05) is 13.2 Å². The fraction of sp³-hybridized carbons (Fsp3) is 0.500. The number of alkyl halides is 3. The molecule has 1 N–H and O–H groups in total. The zero-order chi connectivity index (χ0) is 25.9. The van der Waals surface area contributed by atoms with Gasteiger partial charge in [0.1, 0.15) is 5.82 Å². The van der Waals surface area contributed by atoms with Gasteiger partial charge in [-0.15, -0.1) is 0 Å². The molecule has 1 aromatic carbocycles. The first-order valence-electron chi connectivity index (χ1n) is 11.3. The van der Waals surface area contributed by atoms with Crippen LogP contribution in [0.2, 0.25) is 5.02 Å². The number of aromatic nitrogens is 1. The van der Waals surface area contributed by atoms with Crippen molar-refractivity contribution < 1.29 is 32.1 Å². The minimum Gasteiger partial charge on any atom is -0.560 e. The number of aliphatic hydroxyl groups is 1. The van der Waals surface area contributed by atoms with Crippen molar-refractivity contribution in [2.24, 2.45) is 4.99 Å². The van der Waals surface area contributed by atoms with E-state index in [1.165, 1.54) is 26.2 Å². The van der Waals surface area contributed by atoms with Crippen molar-refractivity contribution in [2.45, 2.75) is 62.8 Å². The molecule has 1 aliphatic rings. The van der Waals surface area contributed by atoms with Crippen LogP contribution in [0, 0.1) is 5.82 Å². The molecule has 0 aliphatic heterocycles. The SMILES string of the molecule is BOC=NCC(O)(c1cc(C2(C)CC(OCCCC)C2)cc(-c2ccc(F)c(Cl)c2)n1)C(F)(F)F. The minimum atomic E-state index is -5.08. The van der Waals surface area contributed by atoms with Gasteiger partial charge in [0.05, 0.1) is 29.1 Å². The van der Waals surface area contributed by atoms with Crippen LogP contribution in [-0.4, -0.2) is 50.0 Å². The van der Waals surface area contributed by atoms with Crippen molar-refractivity contribution >= 4 is 26.1 Å². The molecule has 0 amide bonds. The highest BCUT2D eigenvalue weighted by Gasteiger charge is 2.57. The van der Waals surface area contributed by atoms with E-state index in [-0.39, 0.29) is 16.8 Å². The largest absolute Gasteiger partial charge is 0.560 e. The van der Waals surface area contributed by atoms with Gasteiger partial charge < -0.3 is 14.5 Å². The van der Waals surface area contributed by atoms with Crippen LogP contribution in [-0.2, 0) is 20.4 Å². The van der Waals surface area contributed by atoms with E-state index in [4.69, 9.17) is 16.3 Å². The average molecular weight is 515 g/mol. The van der Waals surface area contributed by atoms with Crippen molar-refractivity contribution in [1.82, 2.24) is 4.98 Å². The molecule has 1 unspecified atom stereocenters. The number of unbranched alkanes of at least 4 members (excludes halogenated alkanes) is 1. The smallest absolute Gasteiger partial charge is 0.424 e. The third kappa shape index (κ3) is 5.98. The molecule has 0 bridgehead atoms. The van der Waals surface area contributed by atoms with Crippen LogP contribution < -0.4 is 0 Å². The second-order valence-electron chi connectivity index (χ2n) is 9.11. The van der Waals surface area contributed by atoms with Crippen molar-refractivity contribution in [1.29, 1.82) is 0 Å². The fourth-order valence-corrected chi connectivity index (χ4v) is 4.33. The molecule has 1 heterocycles. The Morgan fingerprint density at radius 2 is 2.00 bits per heavy atom. The fourth-order valence-electron chi connectivity index (χ4n) is 4.15. The van der Waals surface area contributed by atoms with Gasteiger partial charge in [0.2, 0.25) is 5.60 Å². The van der Waals surface area contributed by atoms with Crippen LogP contribution >= 0.6 is 11.6 Å². The molecule has 0 saturated heterocycles. The number of ether oxygens (including phenoxy) is 1. The maximum Gasteiger partial charge on any atom is 0.424 e. The molecule has 1 aromatic heterocycles. The van der Waals surface area contributed by atoms with E-state index >= 15 is 0 Å². The number of hydrogen-bond acceptors (Lipinski definition) is 5. The lowest BCUT2D eigenvalue weighted by Gasteiger charge is -2.46. The highest BCUT2D eigenvalue weighted by Crippen LogP contribution is 2.48. The van der Waals surface area contributed by atoms with Gasteiger partial charge in [0, 0.05) is 12.2 Å². The lowest BCUT2D eigenvalue weighted by Crippen LogP contribution is -2.47. The zero-order valence-corrected chi connectivity index (χ0v) is 20.6. The van der Waals surface area contributed by atoms with Crippen LogP contribution in [0.4, 0.5) is 17.6 Å². The van der Waals surface area contributed by atoms with Gasteiger partial charge in [0.25, 0.3) is 0 Å². The molecular formula is C24H28BClF4N2O3. The first-order chi connectivity index (χ1) is 16.4. The lowest BCUT2D eigenvalue weighted by atomic mass is 9.63. The Hall–Kier alpha value is -2.17. The second-order valence-corrected chi connectivity index (χ2v) is 9.52. The molecule has 1 aliphatic carbocycles. The number of benzene rings is 1. The lowest BCUT2D eigenvalue weighted by molar-refractivity contribution is -0.263. The van der Waals surface area contributed by atoms with Crippen LogP contribution in [0.25, 0.3) is 11.3 Å². The first kappa shape index (κ1) is 27.4. The normalized spacial score (nSPS) is 22.1. The molecule has 0 radical (unpaired) electrons. The molecule has 1 atom stereocenters. The monoisotopic (exact) mass is 514 g/mol. The summed E-state index contributed by atoms with van der Waals surface area (Å²) < 4.78 is 66.6. The quantitative estimate of drug-likeness (QED) is 0.157. The predicted molar refractivity (Wildman–Crippen MR) is 129 cm³/mol. The summed E-state index contributed by atoms with van der Waals surface area (Å²) in [6, 6.07) is 6.72. The number of pyridine rings is 1. The molecule has 1 saturated carbocycles. The van der Waals surface area contributed by atoms with E-state index in [9.17, 15) is 22.7 Å². The first-order valence-corrected chi connectivity index (χ1v) is 11.7. The van der Waals surface area contributed by atoms with E-state index in [1.807, 2.05) is 6.92 Å². The molecule has 190 valence electrons. The number of hydrogen-bond donors (Lipinski definition) is 1. The van der Waals surface area contributed by atoms with Crippen LogP contribution in [0.15, 0.2) is 35.3 Å². The molecule has 3 rings (SSSR count). The van der Waals surface area contributed by atoms with Crippen LogP contribution in [0.1, 0.15) is 50.8 Å². The molecule has 35 heavy (non-hydrogen) atoms. The summed E-state index contributed by atoms with van der Waals surface area (Å²) in [6.45, 7) is 3.59. The predicted octanol–water partition coefficient (Wildman–Crippen LogP) is 5.12. The van der Waals surface area contributed by atoms with Crippen molar-refractivity contribution in [3.05, 3.63) is 52.4 Å². The highest BCUT2D eigenvalue weighted by atomic mass is 35.5. The number of aliphatic imine (C=N–C) groups is 1. The maximum absolute atomic E-state index is 14.1. The third-order valence-corrected chi connectivity index (χ3v) is 6.63. The Balaban J connectivity index is 2.08. The van der Waals surface area contributed by atoms with Gasteiger partial charge in [-0.3, -0.25) is 4.99 Å². The van der Waals surface area contributed by atoms with Gasteiger partial charge >= 0.3 is 14.2 Å². The number of rotatable bonds is 10. The summed E-state index contributed by atoms with van der Waals surface area (Å²) >= 11 is 5.92. The average Bonchev–Trinajstić information content (AvgIpc) is 2.78. The van der Waals surface area contributed by atoms with E-state index in [0.717, 1.165) is 25.3 Å². The van der Waals surface area contributed by atoms with E-state index in [0.29, 0.717) is 30.6 Å². The van der Waals surface area contributed by atoms with E-state index in [1.54, 1.807) is 6.07 Å². The molecule has 0 spiro atoms. The Morgan fingerprint density at radius 1 is 1.29 bits per heavy atom. The zero-order valence-electron chi connectivity index (χ0n) is 19.8. The number of nitrogens with zero attached hydrogens (tertiary/aromatic N) is 2. The Labute approximate surface area is 208 Å². The standard InChI is InChI=1S/C24H28BClF4N2O3/c1-3-4-7-34-17-11-22(2,12-17)16-9-20(15-5-6-19(27)18(26)8-15)32-21(10-16)23(33,24(28,29)30)13-31-14-35-25/h5-6,8-10,14,17,33H,3-4,7,11-13,25H2,1-2H3. The molecule has 5 nitrogen and oxygen atoms in total. The molecule has 2 aromatic rings. The van der Waals surface area contributed by atoms with E-state index < -0.39 is 35.2 Å². The van der Waals surface area contributed by atoms with Gasteiger partial charge in [0.15, 0.2) is 6.40 Å². The highest BCUT2D eigenvalue weighted by molar-refractivity contribution is 6.31. The van der Waals surface area contributed by atoms with Gasteiger partial charge in [-0.05, 0) is 60.6 Å². The summed E-state index contributed by atoms with van der Waals surface area (Å²) in [5.74, 6) is -0.662. The summed E-state index contributed by atoms with van der Waals surface area (Å²) in [6.07, 6.45) is -1.10. The molecule has 11 heteroatoms. The second kappa shape index (κ2) is 10.8. The third-order valence-electron chi connectivity index (χ3n) is 6.34. The summed E-state index contributed by atoms with van der Waals surface area (Å²) in [5.41, 5.74) is -3.45. The minimum absolute atomic E-state index is 0.000293. The molecule has 1 fully saturated rings. The number of halogens is 5. The maximum atomic E-state index is 14.1. The van der Waals surface area contributed by atoms with Gasteiger partial charge in [-0.2, -0.15) is 13.2 Å². The summed E-state index contributed by atoms with van der Waals surface area (Å²) in [5, 5.41) is 10.6. The Bertz CT molecular complexity index is 1060. The Morgan fingerprint density at radius 3 is 2.60 bits per heavy atom. The van der Waals surface area contributed by atoms with Gasteiger partial charge in [-0.25, -0.2) is 9.37 Å². The topological polar surface area (TPSA) is 63.9 Å². The van der Waals surface area contributed by atoms with E-state index in [2.05, 4.69) is 21.6 Å². The van der Waals surface area contributed by atoms with Crippen LogP contribution in [0.5, 0.6) is 0 Å². The summed E-state index contributed by atoms with van der Waals surface area (Å²) in [7, 11) is 1.24. The van der Waals surface area contributed by atoms with Crippen molar-refractivity contribution in [3.63, 3.8) is 0 Å². The summed E-state index contributed by atoms with van der Waals surface area (Å²) in [4.78, 5) is 7.71. The van der Waals surface area contributed by atoms with Gasteiger partial charge in [-0.1, -0.05) is 31.9 Å².